The van der Waals surface area contributed by atoms with E-state index in [0.717, 1.165) is 0 Å². The quantitative estimate of drug-likeness (QED) is 0.0495. The molecule has 0 bridgehead atoms. The third-order valence-electron chi connectivity index (χ3n) is 7.64. The van der Waals surface area contributed by atoms with E-state index in [1.165, 1.54) is 16.7 Å². The minimum atomic E-state index is -1.23. The monoisotopic (exact) mass is 597 g/mol. The summed E-state index contributed by atoms with van der Waals surface area (Å²) in [5.41, 5.74) is 16.6. The van der Waals surface area contributed by atoms with Gasteiger partial charge in [-0.05, 0) is 71.3 Å². The van der Waals surface area contributed by atoms with E-state index < -0.39 is 65.9 Å². The molecule has 2 aliphatic rings. The van der Waals surface area contributed by atoms with Crippen LogP contribution in [-0.4, -0.2) is 118 Å². The average Bonchev–Trinajstić information content (AvgIpc) is 3.63. The number of hydrogen-bond acceptors (Lipinski definition) is 9. The van der Waals surface area contributed by atoms with Crippen molar-refractivity contribution in [1.29, 1.82) is 5.41 Å². The Hall–Kier alpha value is -3.50. The van der Waals surface area contributed by atoms with Crippen molar-refractivity contribution >= 4 is 35.6 Å². The lowest BCUT2D eigenvalue weighted by Crippen LogP contribution is -2.58. The topological polar surface area (TPSA) is 270 Å². The van der Waals surface area contributed by atoms with Crippen LogP contribution in [0.3, 0.4) is 0 Å². The van der Waals surface area contributed by atoms with Crippen molar-refractivity contribution in [3.63, 3.8) is 0 Å². The van der Waals surface area contributed by atoms with Crippen LogP contribution in [0.1, 0.15) is 64.7 Å². The molecule has 42 heavy (non-hydrogen) atoms. The number of likely N-dealkylation sites (tertiary alicyclic amines) is 2. The first-order valence-corrected chi connectivity index (χ1v) is 14.5. The molecule has 2 heterocycles. The number of amides is 4. The summed E-state index contributed by atoms with van der Waals surface area (Å²) in [7, 11) is 0. The Balaban J connectivity index is 2.11. The Morgan fingerprint density at radius 3 is 2.17 bits per heavy atom. The van der Waals surface area contributed by atoms with Crippen molar-refractivity contribution in [2.75, 3.05) is 26.2 Å². The number of aliphatic carboxylic acids is 1. The molecule has 2 fully saturated rings. The number of carbonyl (C=O) groups excluding carboxylic acids is 4. The van der Waals surface area contributed by atoms with Gasteiger partial charge in [0.1, 0.15) is 30.2 Å². The highest BCUT2D eigenvalue weighted by atomic mass is 16.4. The normalized spacial score (nSPS) is 21.2. The van der Waals surface area contributed by atoms with Crippen LogP contribution in [0.15, 0.2) is 0 Å². The molecule has 6 atom stereocenters. The Kier molecular flexibility index (Phi) is 13.9. The number of unbranched alkanes of at least 4 members (excludes halogenated alkanes) is 1. The minimum absolute atomic E-state index is 0.100. The highest BCUT2D eigenvalue weighted by Crippen LogP contribution is 2.26. The number of rotatable bonds is 16. The standard InChI is InChI=1S/C26H47N9O7/c1-15(36)20(28)22(38)32-16(7-2-3-11-27)23(39)35-14-6-10-19(35)24(40)34-13-5-9-18(34)21(37)33-17(25(41)42)8-4-12-31-26(29)30/h15-20,36H,2-14,27-28H2,1H3,(H,32,38)(H,33,37)(H,41,42)(H4,29,30,31)/t15-,16+,17+,18+,19+,20+/m1/s1. The summed E-state index contributed by atoms with van der Waals surface area (Å²) in [6.45, 7) is 2.63. The fourth-order valence-corrected chi connectivity index (χ4v) is 5.27. The molecule has 0 aromatic heterocycles. The van der Waals surface area contributed by atoms with Crippen molar-refractivity contribution in [2.45, 2.75) is 101 Å². The van der Waals surface area contributed by atoms with Gasteiger partial charge in [-0.3, -0.25) is 24.6 Å². The number of aliphatic hydroxyl groups excluding tert-OH is 1. The number of hydrogen-bond donors (Lipinski definition) is 9. The zero-order valence-electron chi connectivity index (χ0n) is 24.2. The summed E-state index contributed by atoms with van der Waals surface area (Å²) in [6, 6.07) is -5.09. The van der Waals surface area contributed by atoms with Crippen molar-refractivity contribution < 1.29 is 34.2 Å². The minimum Gasteiger partial charge on any atom is -0.480 e. The molecule has 0 aromatic carbocycles. The molecule has 0 spiro atoms. The first-order valence-electron chi connectivity index (χ1n) is 14.5. The molecule has 16 heteroatoms. The van der Waals surface area contributed by atoms with Gasteiger partial charge in [0.2, 0.25) is 23.6 Å². The summed E-state index contributed by atoms with van der Waals surface area (Å²) in [6.07, 6.45) is 2.60. The second kappa shape index (κ2) is 16.8. The maximum atomic E-state index is 13.7. The molecule has 12 N–H and O–H groups in total. The van der Waals surface area contributed by atoms with E-state index in [2.05, 4.69) is 16.0 Å². The van der Waals surface area contributed by atoms with Crippen molar-refractivity contribution in [2.24, 2.45) is 17.2 Å². The van der Waals surface area contributed by atoms with E-state index >= 15 is 0 Å². The van der Waals surface area contributed by atoms with Crippen LogP contribution in [0, 0.1) is 5.41 Å². The third-order valence-corrected chi connectivity index (χ3v) is 7.64. The smallest absolute Gasteiger partial charge is 0.326 e. The van der Waals surface area contributed by atoms with Crippen LogP contribution in [0.4, 0.5) is 0 Å². The number of carboxylic acid groups (broad SMARTS) is 1. The summed E-state index contributed by atoms with van der Waals surface area (Å²) in [5, 5.41) is 34.2. The third kappa shape index (κ3) is 9.80. The zero-order valence-corrected chi connectivity index (χ0v) is 24.2. The largest absolute Gasteiger partial charge is 0.480 e. The number of aliphatic hydroxyl groups is 1. The first-order chi connectivity index (χ1) is 19.9. The van der Waals surface area contributed by atoms with E-state index in [0.29, 0.717) is 58.0 Å². The molecular formula is C26H47N9O7. The summed E-state index contributed by atoms with van der Waals surface area (Å²) in [5.74, 6) is -3.56. The first kappa shape index (κ1) is 34.7. The summed E-state index contributed by atoms with van der Waals surface area (Å²) in [4.78, 5) is 67.6. The predicted molar refractivity (Wildman–Crippen MR) is 153 cm³/mol. The van der Waals surface area contributed by atoms with Crippen LogP contribution in [0.2, 0.25) is 0 Å². The number of guanidine groups is 1. The molecule has 0 aromatic rings. The molecular weight excluding hydrogens is 550 g/mol. The van der Waals surface area contributed by atoms with Crippen molar-refractivity contribution in [3.05, 3.63) is 0 Å². The van der Waals surface area contributed by atoms with Gasteiger partial charge in [-0.1, -0.05) is 0 Å². The lowest BCUT2D eigenvalue weighted by molar-refractivity contribution is -0.149. The van der Waals surface area contributed by atoms with Crippen LogP contribution in [0.25, 0.3) is 0 Å². The molecule has 4 amide bonds. The molecule has 16 nitrogen and oxygen atoms in total. The number of nitrogens with zero attached hydrogens (tertiary/aromatic N) is 2. The van der Waals surface area contributed by atoms with Crippen LogP contribution >= 0.6 is 0 Å². The Labute approximate surface area is 245 Å². The van der Waals surface area contributed by atoms with Gasteiger partial charge in [-0.15, -0.1) is 0 Å². The molecule has 0 radical (unpaired) electrons. The molecule has 238 valence electrons. The molecule has 0 aliphatic carbocycles. The zero-order chi connectivity index (χ0) is 31.4. The molecule has 0 unspecified atom stereocenters. The lowest BCUT2D eigenvalue weighted by Gasteiger charge is -2.33. The van der Waals surface area contributed by atoms with E-state index in [-0.39, 0.29) is 31.9 Å². The van der Waals surface area contributed by atoms with Gasteiger partial charge in [-0.2, -0.15) is 0 Å². The van der Waals surface area contributed by atoms with E-state index in [9.17, 15) is 34.2 Å². The van der Waals surface area contributed by atoms with E-state index in [4.69, 9.17) is 22.6 Å². The molecule has 2 aliphatic heterocycles. The Morgan fingerprint density at radius 1 is 0.952 bits per heavy atom. The fraction of sp³-hybridized carbons (Fsp3) is 0.769. The maximum absolute atomic E-state index is 13.7. The van der Waals surface area contributed by atoms with Gasteiger partial charge >= 0.3 is 5.97 Å². The highest BCUT2D eigenvalue weighted by Gasteiger charge is 2.44. The highest BCUT2D eigenvalue weighted by molar-refractivity contribution is 5.96. The van der Waals surface area contributed by atoms with Crippen LogP contribution < -0.4 is 33.2 Å². The second-order valence-electron chi connectivity index (χ2n) is 10.9. The van der Waals surface area contributed by atoms with Crippen LogP contribution in [-0.2, 0) is 24.0 Å². The predicted octanol–water partition coefficient (Wildman–Crippen LogP) is -2.88. The second-order valence-corrected chi connectivity index (χ2v) is 10.9. The maximum Gasteiger partial charge on any atom is 0.326 e. The Morgan fingerprint density at radius 2 is 1.57 bits per heavy atom. The van der Waals surface area contributed by atoms with Gasteiger partial charge in [-0.25, -0.2) is 4.79 Å². The summed E-state index contributed by atoms with van der Waals surface area (Å²) < 4.78 is 0. The van der Waals surface area contributed by atoms with E-state index in [1.54, 1.807) is 0 Å². The molecule has 2 rings (SSSR count). The van der Waals surface area contributed by atoms with Gasteiger partial charge in [0.05, 0.1) is 6.10 Å². The fourth-order valence-electron chi connectivity index (χ4n) is 5.27. The van der Waals surface area contributed by atoms with E-state index in [1.807, 2.05) is 0 Å². The lowest BCUT2D eigenvalue weighted by atomic mass is 10.1. The van der Waals surface area contributed by atoms with Crippen molar-refractivity contribution in [1.82, 2.24) is 25.8 Å². The van der Waals surface area contributed by atoms with Gasteiger partial charge in [0.15, 0.2) is 5.96 Å². The van der Waals surface area contributed by atoms with Crippen LogP contribution in [0.5, 0.6) is 0 Å². The van der Waals surface area contributed by atoms with Gasteiger partial charge in [0, 0.05) is 19.6 Å². The Bertz CT molecular complexity index is 980. The SMILES string of the molecule is C[C@@H](O)[C@H](N)C(=O)N[C@@H](CCCCN)C(=O)N1CCC[C@H]1C(=O)N1CCC[C@H]1C(=O)N[C@@H](CCCNC(=N)N)C(=O)O. The van der Waals surface area contributed by atoms with Crippen molar-refractivity contribution in [3.8, 4) is 0 Å². The van der Waals surface area contributed by atoms with Gasteiger partial charge in [0.25, 0.3) is 0 Å². The summed E-state index contributed by atoms with van der Waals surface area (Å²) >= 11 is 0. The van der Waals surface area contributed by atoms with Gasteiger partial charge < -0.3 is 53.2 Å². The molecule has 0 saturated carbocycles. The number of carboxylic acids is 1. The number of nitrogens with two attached hydrogens (primary N) is 3. The average molecular weight is 598 g/mol. The number of nitrogens with one attached hydrogen (secondary N) is 4. The number of carbonyl (C=O) groups is 5. The molecule has 2 saturated heterocycles.